The Hall–Kier alpha value is -2.36. The van der Waals surface area contributed by atoms with E-state index in [1.165, 1.54) is 12.1 Å². The molecule has 1 amide bonds. The maximum Gasteiger partial charge on any atom is 0.267 e. The van der Waals surface area contributed by atoms with E-state index in [0.717, 1.165) is 16.2 Å². The molecule has 0 unspecified atom stereocenters. The number of amides is 1. The van der Waals surface area contributed by atoms with Crippen LogP contribution in [-0.2, 0) is 10.0 Å². The number of hydrogen-bond donors (Lipinski definition) is 2. The number of carbonyl (C=O) groups is 1. The van der Waals surface area contributed by atoms with Crippen LogP contribution in [-0.4, -0.2) is 25.6 Å². The molecule has 3 aromatic rings. The normalized spacial score (nSPS) is 11.2. The molecular formula is C18H17N3O3S3. The molecule has 0 saturated carbocycles. The molecule has 140 valence electrons. The van der Waals surface area contributed by atoms with Gasteiger partial charge in [-0.15, -0.1) is 11.8 Å². The minimum absolute atomic E-state index is 0.137. The lowest BCUT2D eigenvalue weighted by Gasteiger charge is -2.05. The number of aromatic nitrogens is 1. The van der Waals surface area contributed by atoms with Crippen LogP contribution in [0.5, 0.6) is 0 Å². The van der Waals surface area contributed by atoms with Crippen molar-refractivity contribution in [3.8, 4) is 0 Å². The van der Waals surface area contributed by atoms with Crippen LogP contribution in [0.25, 0.3) is 0 Å². The molecule has 6 nitrogen and oxygen atoms in total. The van der Waals surface area contributed by atoms with Crippen molar-refractivity contribution in [3.63, 3.8) is 0 Å². The number of hydrogen-bond acceptors (Lipinski definition) is 6. The molecular weight excluding hydrogens is 402 g/mol. The monoisotopic (exact) mass is 419 g/mol. The number of nitrogens with one attached hydrogen (secondary N) is 2. The minimum atomic E-state index is -3.75. The van der Waals surface area contributed by atoms with E-state index in [-0.39, 0.29) is 15.9 Å². The van der Waals surface area contributed by atoms with Gasteiger partial charge in [0.15, 0.2) is 5.13 Å². The lowest BCUT2D eigenvalue weighted by molar-refractivity contribution is 0.103. The molecule has 0 bridgehead atoms. The van der Waals surface area contributed by atoms with Crippen molar-refractivity contribution in [2.45, 2.75) is 16.7 Å². The molecule has 1 aromatic heterocycles. The van der Waals surface area contributed by atoms with E-state index in [2.05, 4.69) is 15.0 Å². The van der Waals surface area contributed by atoms with Crippen molar-refractivity contribution in [1.29, 1.82) is 0 Å². The van der Waals surface area contributed by atoms with Gasteiger partial charge in [0.2, 0.25) is 0 Å². The third-order valence-electron chi connectivity index (χ3n) is 3.61. The highest BCUT2D eigenvalue weighted by Gasteiger charge is 2.20. The Morgan fingerprint density at radius 2 is 1.85 bits per heavy atom. The molecule has 0 radical (unpaired) electrons. The quantitative estimate of drug-likeness (QED) is 0.584. The maximum atomic E-state index is 12.6. The SMILES string of the molecule is CSc1cccc(NC(=O)c2sc(NS(=O)(=O)c3ccccc3)nc2C)c1. The van der Waals surface area contributed by atoms with E-state index in [0.29, 0.717) is 16.3 Å². The van der Waals surface area contributed by atoms with Crippen LogP contribution in [0.3, 0.4) is 0 Å². The van der Waals surface area contributed by atoms with Crippen LogP contribution in [0, 0.1) is 6.92 Å². The van der Waals surface area contributed by atoms with Gasteiger partial charge in [-0.1, -0.05) is 35.6 Å². The van der Waals surface area contributed by atoms with Crippen LogP contribution >= 0.6 is 23.1 Å². The lowest BCUT2D eigenvalue weighted by atomic mass is 10.3. The smallest absolute Gasteiger partial charge is 0.267 e. The summed E-state index contributed by atoms with van der Waals surface area (Å²) in [5.74, 6) is -0.326. The third kappa shape index (κ3) is 4.68. The second-order valence-electron chi connectivity index (χ2n) is 5.54. The van der Waals surface area contributed by atoms with Gasteiger partial charge in [0, 0.05) is 10.6 Å². The molecule has 0 aliphatic rings. The van der Waals surface area contributed by atoms with Crippen LogP contribution < -0.4 is 10.0 Å². The zero-order valence-electron chi connectivity index (χ0n) is 14.6. The van der Waals surface area contributed by atoms with Crippen LogP contribution in [0.1, 0.15) is 15.4 Å². The van der Waals surface area contributed by atoms with E-state index in [1.807, 2.05) is 24.5 Å². The van der Waals surface area contributed by atoms with Crippen LogP contribution in [0.15, 0.2) is 64.4 Å². The molecule has 0 aliphatic carbocycles. The number of aryl methyl sites for hydroxylation is 1. The van der Waals surface area contributed by atoms with Gasteiger partial charge in [-0.2, -0.15) is 0 Å². The van der Waals surface area contributed by atoms with Gasteiger partial charge >= 0.3 is 0 Å². The van der Waals surface area contributed by atoms with Gasteiger partial charge in [-0.3, -0.25) is 9.52 Å². The highest BCUT2D eigenvalue weighted by molar-refractivity contribution is 7.98. The van der Waals surface area contributed by atoms with Crippen molar-refractivity contribution in [2.24, 2.45) is 0 Å². The van der Waals surface area contributed by atoms with Gasteiger partial charge in [-0.25, -0.2) is 13.4 Å². The van der Waals surface area contributed by atoms with Crippen molar-refractivity contribution in [3.05, 3.63) is 65.2 Å². The predicted octanol–water partition coefficient (Wildman–Crippen LogP) is 4.23. The fourth-order valence-electron chi connectivity index (χ4n) is 2.31. The first-order valence-corrected chi connectivity index (χ1v) is 11.4. The van der Waals surface area contributed by atoms with Crippen molar-refractivity contribution in [2.75, 3.05) is 16.3 Å². The molecule has 0 saturated heterocycles. The standard InChI is InChI=1S/C18H17N3O3S3/c1-12-16(17(22)20-13-7-6-8-14(11-13)25-2)26-18(19-12)21-27(23,24)15-9-4-3-5-10-15/h3-11H,1-2H3,(H,19,21)(H,20,22). The molecule has 0 spiro atoms. The second-order valence-corrected chi connectivity index (χ2v) is 9.10. The summed E-state index contributed by atoms with van der Waals surface area (Å²) in [6, 6.07) is 15.5. The minimum Gasteiger partial charge on any atom is -0.321 e. The fraction of sp³-hybridized carbons (Fsp3) is 0.111. The Kier molecular flexibility index (Phi) is 5.83. The summed E-state index contributed by atoms with van der Waals surface area (Å²) in [5, 5.41) is 2.97. The molecule has 27 heavy (non-hydrogen) atoms. The first-order chi connectivity index (χ1) is 12.9. The van der Waals surface area contributed by atoms with Gasteiger partial charge < -0.3 is 5.32 Å². The third-order valence-corrected chi connectivity index (χ3v) is 6.89. The zero-order chi connectivity index (χ0) is 19.4. The fourth-order valence-corrected chi connectivity index (χ4v) is 4.89. The van der Waals surface area contributed by atoms with Crippen molar-refractivity contribution >= 4 is 49.8 Å². The Bertz CT molecular complexity index is 1060. The average molecular weight is 420 g/mol. The highest BCUT2D eigenvalue weighted by Crippen LogP contribution is 2.26. The van der Waals surface area contributed by atoms with Gasteiger partial charge in [0.1, 0.15) is 4.88 Å². The summed E-state index contributed by atoms with van der Waals surface area (Å²) in [7, 11) is -3.75. The van der Waals surface area contributed by atoms with E-state index < -0.39 is 10.0 Å². The maximum absolute atomic E-state index is 12.6. The first kappa shape index (κ1) is 19.4. The number of anilines is 2. The summed E-state index contributed by atoms with van der Waals surface area (Å²) in [5.41, 5.74) is 1.13. The predicted molar refractivity (Wildman–Crippen MR) is 110 cm³/mol. The summed E-state index contributed by atoms with van der Waals surface area (Å²) in [6.45, 7) is 1.67. The van der Waals surface area contributed by atoms with Gasteiger partial charge in [-0.05, 0) is 43.5 Å². The number of carbonyl (C=O) groups excluding carboxylic acids is 1. The lowest BCUT2D eigenvalue weighted by Crippen LogP contribution is -2.12. The molecule has 9 heteroatoms. The molecule has 3 rings (SSSR count). The first-order valence-electron chi connectivity index (χ1n) is 7.90. The molecule has 0 aliphatic heterocycles. The van der Waals surface area contributed by atoms with Crippen molar-refractivity contribution in [1.82, 2.24) is 4.98 Å². The van der Waals surface area contributed by atoms with E-state index in [9.17, 15) is 13.2 Å². The number of thioether (sulfide) groups is 1. The van der Waals surface area contributed by atoms with E-state index in [4.69, 9.17) is 0 Å². The van der Waals surface area contributed by atoms with Gasteiger partial charge in [0.05, 0.1) is 10.6 Å². The number of rotatable bonds is 6. The summed E-state index contributed by atoms with van der Waals surface area (Å²) in [6.07, 6.45) is 1.96. The molecule has 0 atom stereocenters. The average Bonchev–Trinajstić information content (AvgIpc) is 3.02. The van der Waals surface area contributed by atoms with Gasteiger partial charge in [0.25, 0.3) is 15.9 Å². The Labute approximate surface area is 166 Å². The Balaban J connectivity index is 1.78. The molecule has 2 N–H and O–H groups in total. The number of sulfonamides is 1. The Morgan fingerprint density at radius 3 is 2.56 bits per heavy atom. The second kappa shape index (κ2) is 8.12. The zero-order valence-corrected chi connectivity index (χ0v) is 17.0. The summed E-state index contributed by atoms with van der Waals surface area (Å²) in [4.78, 5) is 18.3. The van der Waals surface area contributed by atoms with E-state index >= 15 is 0 Å². The van der Waals surface area contributed by atoms with Crippen molar-refractivity contribution < 1.29 is 13.2 Å². The highest BCUT2D eigenvalue weighted by atomic mass is 32.2. The number of nitrogens with zero attached hydrogens (tertiary/aromatic N) is 1. The van der Waals surface area contributed by atoms with Crippen LogP contribution in [0.2, 0.25) is 0 Å². The van der Waals surface area contributed by atoms with Crippen LogP contribution in [0.4, 0.5) is 10.8 Å². The molecule has 0 fully saturated rings. The summed E-state index contributed by atoms with van der Waals surface area (Å²) >= 11 is 2.58. The Morgan fingerprint density at radius 1 is 1.11 bits per heavy atom. The number of thiazole rings is 1. The van der Waals surface area contributed by atoms with E-state index in [1.54, 1.807) is 43.0 Å². The molecule has 1 heterocycles. The topological polar surface area (TPSA) is 88.2 Å². The number of benzene rings is 2. The summed E-state index contributed by atoms with van der Waals surface area (Å²) < 4.78 is 27.2. The molecule has 2 aromatic carbocycles. The largest absolute Gasteiger partial charge is 0.321 e.